The molecule has 0 spiro atoms. The number of methoxy groups -OCH3 is 1. The van der Waals surface area contributed by atoms with Gasteiger partial charge in [0.25, 0.3) is 0 Å². The van der Waals surface area contributed by atoms with Gasteiger partial charge in [-0.3, -0.25) is 10.1 Å². The summed E-state index contributed by atoms with van der Waals surface area (Å²) >= 11 is 0. The zero-order valence-electron chi connectivity index (χ0n) is 11.2. The van der Waals surface area contributed by atoms with E-state index in [2.05, 4.69) is 20.5 Å². The lowest BCUT2D eigenvalue weighted by Crippen LogP contribution is -2.18. The Morgan fingerprint density at radius 1 is 1.33 bits per heavy atom. The minimum atomic E-state index is -3.48. The van der Waals surface area contributed by atoms with Crippen LogP contribution in [0.4, 0.5) is 5.95 Å². The largest absolute Gasteiger partial charge is 0.466 e. The maximum atomic E-state index is 12.0. The van der Waals surface area contributed by atoms with Crippen LogP contribution in [0.15, 0.2) is 35.2 Å². The number of carbonyl (C=O) groups is 1. The Bertz CT molecular complexity index is 712. The first-order valence-corrected chi connectivity index (χ1v) is 7.70. The van der Waals surface area contributed by atoms with Crippen LogP contribution in [0.5, 0.6) is 6.01 Å². The zero-order chi connectivity index (χ0) is 15.3. The number of benzene rings is 1. The SMILES string of the molecule is COc1n[nH]c(NC(=O)CCS(=O)(=O)c2ccccc2)n1. The molecule has 0 aliphatic rings. The van der Waals surface area contributed by atoms with E-state index in [0.29, 0.717) is 0 Å². The molecule has 0 fully saturated rings. The zero-order valence-corrected chi connectivity index (χ0v) is 12.1. The Balaban J connectivity index is 1.92. The van der Waals surface area contributed by atoms with Crippen molar-refractivity contribution in [1.29, 1.82) is 0 Å². The van der Waals surface area contributed by atoms with Gasteiger partial charge in [0.15, 0.2) is 9.84 Å². The highest BCUT2D eigenvalue weighted by Crippen LogP contribution is 2.11. The molecule has 0 aliphatic heterocycles. The van der Waals surface area contributed by atoms with Crippen LogP contribution in [-0.4, -0.2) is 42.4 Å². The molecule has 0 aliphatic carbocycles. The molecular weight excluding hydrogens is 296 g/mol. The number of sulfone groups is 1. The van der Waals surface area contributed by atoms with Gasteiger partial charge in [0.2, 0.25) is 11.9 Å². The number of hydrogen-bond donors (Lipinski definition) is 2. The average Bonchev–Trinajstić information content (AvgIpc) is 2.94. The van der Waals surface area contributed by atoms with Gasteiger partial charge in [0, 0.05) is 6.42 Å². The molecule has 0 unspecified atom stereocenters. The fraction of sp³-hybridized carbons (Fsp3) is 0.250. The van der Waals surface area contributed by atoms with Crippen molar-refractivity contribution in [2.24, 2.45) is 0 Å². The van der Waals surface area contributed by atoms with Crippen LogP contribution in [0.25, 0.3) is 0 Å². The molecule has 1 amide bonds. The van der Waals surface area contributed by atoms with Crippen LogP contribution in [0, 0.1) is 0 Å². The molecule has 9 heteroatoms. The van der Waals surface area contributed by atoms with E-state index in [1.807, 2.05) is 0 Å². The molecule has 1 heterocycles. The molecule has 0 radical (unpaired) electrons. The molecule has 1 aromatic carbocycles. The monoisotopic (exact) mass is 310 g/mol. The number of anilines is 1. The summed E-state index contributed by atoms with van der Waals surface area (Å²) in [4.78, 5) is 15.7. The van der Waals surface area contributed by atoms with Crippen molar-refractivity contribution < 1.29 is 17.9 Å². The van der Waals surface area contributed by atoms with Gasteiger partial charge in [0.05, 0.1) is 17.8 Å². The van der Waals surface area contributed by atoms with E-state index in [-0.39, 0.29) is 29.0 Å². The van der Waals surface area contributed by atoms with Crippen molar-refractivity contribution in [3.05, 3.63) is 30.3 Å². The summed E-state index contributed by atoms with van der Waals surface area (Å²) in [5.41, 5.74) is 0. The number of hydrogen-bond acceptors (Lipinski definition) is 6. The van der Waals surface area contributed by atoms with E-state index >= 15 is 0 Å². The van der Waals surface area contributed by atoms with Crippen LogP contribution in [0.3, 0.4) is 0 Å². The van der Waals surface area contributed by atoms with Crippen molar-refractivity contribution in [3.8, 4) is 6.01 Å². The molecule has 21 heavy (non-hydrogen) atoms. The predicted octanol–water partition coefficient (Wildman–Crippen LogP) is 0.616. The van der Waals surface area contributed by atoms with E-state index in [0.717, 1.165) is 0 Å². The number of aromatic amines is 1. The molecule has 0 saturated heterocycles. The van der Waals surface area contributed by atoms with Crippen LogP contribution >= 0.6 is 0 Å². The number of aromatic nitrogens is 3. The first-order chi connectivity index (χ1) is 10.0. The minimum absolute atomic E-state index is 0.0854. The number of nitrogens with one attached hydrogen (secondary N) is 2. The molecule has 2 rings (SSSR count). The van der Waals surface area contributed by atoms with Crippen molar-refractivity contribution >= 4 is 21.7 Å². The second-order valence-electron chi connectivity index (χ2n) is 4.10. The van der Waals surface area contributed by atoms with Crippen LogP contribution < -0.4 is 10.1 Å². The van der Waals surface area contributed by atoms with Gasteiger partial charge in [-0.2, -0.15) is 4.98 Å². The van der Waals surface area contributed by atoms with E-state index < -0.39 is 15.7 Å². The molecule has 112 valence electrons. The number of rotatable bonds is 6. The third kappa shape index (κ3) is 4.02. The molecule has 0 atom stereocenters. The fourth-order valence-electron chi connectivity index (χ4n) is 1.56. The smallest absolute Gasteiger partial charge is 0.336 e. The molecule has 1 aromatic heterocycles. The molecule has 0 saturated carbocycles. The number of H-pyrrole nitrogens is 1. The van der Waals surface area contributed by atoms with E-state index in [1.165, 1.54) is 19.2 Å². The lowest BCUT2D eigenvalue weighted by Gasteiger charge is -2.04. The standard InChI is InChI=1S/C12H14N4O4S/c1-20-12-14-11(15-16-12)13-10(17)7-8-21(18,19)9-5-3-2-4-6-9/h2-6H,7-8H2,1H3,(H2,13,14,15,16,17). The Labute approximate surface area is 121 Å². The van der Waals surface area contributed by atoms with Gasteiger partial charge in [-0.05, 0) is 12.1 Å². The summed E-state index contributed by atoms with van der Waals surface area (Å²) in [6, 6.07) is 8.07. The molecule has 8 nitrogen and oxygen atoms in total. The number of amides is 1. The summed E-state index contributed by atoms with van der Waals surface area (Å²) < 4.78 is 28.8. The third-order valence-corrected chi connectivity index (χ3v) is 4.34. The van der Waals surface area contributed by atoms with Crippen molar-refractivity contribution in [1.82, 2.24) is 15.2 Å². The van der Waals surface area contributed by atoms with Gasteiger partial charge in [0.1, 0.15) is 0 Å². The Morgan fingerprint density at radius 3 is 2.67 bits per heavy atom. The Hall–Kier alpha value is -2.42. The lowest BCUT2D eigenvalue weighted by molar-refractivity contribution is -0.115. The summed E-state index contributed by atoms with van der Waals surface area (Å²) in [6.07, 6.45) is -0.180. The summed E-state index contributed by atoms with van der Waals surface area (Å²) in [5, 5.41) is 8.51. The normalized spacial score (nSPS) is 11.1. The molecule has 2 N–H and O–H groups in total. The second-order valence-corrected chi connectivity index (χ2v) is 6.21. The first kappa shape index (κ1) is 15.0. The van der Waals surface area contributed by atoms with Gasteiger partial charge in [-0.15, -0.1) is 5.10 Å². The highest BCUT2D eigenvalue weighted by Gasteiger charge is 2.16. The molecular formula is C12H14N4O4S. The predicted molar refractivity (Wildman–Crippen MR) is 74.7 cm³/mol. The van der Waals surface area contributed by atoms with Gasteiger partial charge < -0.3 is 4.74 Å². The first-order valence-electron chi connectivity index (χ1n) is 6.05. The van der Waals surface area contributed by atoms with Crippen molar-refractivity contribution in [2.45, 2.75) is 11.3 Å². The van der Waals surface area contributed by atoms with Crippen molar-refractivity contribution in [3.63, 3.8) is 0 Å². The number of carbonyl (C=O) groups excluding carboxylic acids is 1. The van der Waals surface area contributed by atoms with E-state index in [4.69, 9.17) is 4.74 Å². The van der Waals surface area contributed by atoms with Crippen LogP contribution in [0.2, 0.25) is 0 Å². The third-order valence-electron chi connectivity index (χ3n) is 2.61. The van der Waals surface area contributed by atoms with Gasteiger partial charge in [-0.25, -0.2) is 13.5 Å². The maximum absolute atomic E-state index is 12.0. The molecule has 0 bridgehead atoms. The average molecular weight is 310 g/mol. The number of nitrogens with zero attached hydrogens (tertiary/aromatic N) is 2. The highest BCUT2D eigenvalue weighted by molar-refractivity contribution is 7.91. The fourth-order valence-corrected chi connectivity index (χ4v) is 2.82. The summed E-state index contributed by atoms with van der Waals surface area (Å²) in [5.74, 6) is -0.657. The topological polar surface area (TPSA) is 114 Å². The second kappa shape index (κ2) is 6.35. The number of ether oxygens (including phenoxy) is 1. The summed E-state index contributed by atoms with van der Waals surface area (Å²) in [6.45, 7) is 0. The van der Waals surface area contributed by atoms with Crippen LogP contribution in [-0.2, 0) is 14.6 Å². The van der Waals surface area contributed by atoms with Crippen molar-refractivity contribution in [2.75, 3.05) is 18.2 Å². The lowest BCUT2D eigenvalue weighted by atomic mass is 10.4. The minimum Gasteiger partial charge on any atom is -0.466 e. The Kier molecular flexibility index (Phi) is 4.53. The van der Waals surface area contributed by atoms with E-state index in [9.17, 15) is 13.2 Å². The van der Waals surface area contributed by atoms with E-state index in [1.54, 1.807) is 18.2 Å². The quantitative estimate of drug-likeness (QED) is 0.808. The Morgan fingerprint density at radius 2 is 2.05 bits per heavy atom. The molecule has 2 aromatic rings. The maximum Gasteiger partial charge on any atom is 0.336 e. The van der Waals surface area contributed by atoms with Gasteiger partial charge in [-0.1, -0.05) is 18.2 Å². The van der Waals surface area contributed by atoms with Gasteiger partial charge >= 0.3 is 6.01 Å². The summed E-state index contributed by atoms with van der Waals surface area (Å²) in [7, 11) is -2.09. The highest BCUT2D eigenvalue weighted by atomic mass is 32.2. The van der Waals surface area contributed by atoms with Crippen LogP contribution in [0.1, 0.15) is 6.42 Å².